The Hall–Kier alpha value is -5.10. The van der Waals surface area contributed by atoms with Crippen molar-refractivity contribution in [3.05, 3.63) is 149 Å². The summed E-state index contributed by atoms with van der Waals surface area (Å²) in [4.78, 5) is 6.51. The predicted molar refractivity (Wildman–Crippen MR) is 262 cm³/mol. The van der Waals surface area contributed by atoms with E-state index < -0.39 is 0 Å². The number of benzene rings is 6. The molecular weight excluding hydrogens is 752 g/mol. The Kier molecular flexibility index (Phi) is 8.53. The molecule has 0 atom stereocenters. The van der Waals surface area contributed by atoms with Gasteiger partial charge in [-0.1, -0.05) is 123 Å². The second-order valence-electron chi connectivity index (χ2n) is 20.0. The molecule has 8 aromatic rings. The fourth-order valence-electron chi connectivity index (χ4n) is 9.58. The molecule has 2 nitrogen and oxygen atoms in total. The smallest absolute Gasteiger partial charge is 0.254 e. The van der Waals surface area contributed by atoms with E-state index in [9.17, 15) is 0 Å². The quantitative estimate of drug-likeness (QED) is 0.164. The third-order valence-electron chi connectivity index (χ3n) is 12.8. The van der Waals surface area contributed by atoms with Crippen LogP contribution in [0.1, 0.15) is 90.1 Å². The summed E-state index contributed by atoms with van der Waals surface area (Å²) in [5.41, 5.74) is 18.5. The fraction of sp³-hybridized carbons (Fsp3) is 0.259. The highest BCUT2D eigenvalue weighted by atomic mass is 32.1. The molecule has 5 heteroatoms. The van der Waals surface area contributed by atoms with Gasteiger partial charge in [-0.25, -0.2) is 0 Å². The number of hydrogen-bond donors (Lipinski definition) is 0. The second kappa shape index (κ2) is 13.2. The number of thiophene rings is 2. The van der Waals surface area contributed by atoms with E-state index in [1.807, 2.05) is 22.7 Å². The first-order chi connectivity index (χ1) is 28.0. The summed E-state index contributed by atoms with van der Waals surface area (Å²) in [5.74, 6) is 0. The highest BCUT2D eigenvalue weighted by Gasteiger charge is 2.46. The van der Waals surface area contributed by atoms with Gasteiger partial charge in [0.2, 0.25) is 0 Å². The van der Waals surface area contributed by atoms with E-state index >= 15 is 0 Å². The van der Waals surface area contributed by atoms with Crippen LogP contribution in [0.2, 0.25) is 0 Å². The van der Waals surface area contributed by atoms with E-state index in [-0.39, 0.29) is 23.0 Å². The summed E-state index contributed by atoms with van der Waals surface area (Å²) in [5, 5.41) is 4.01. The lowest BCUT2D eigenvalue weighted by molar-refractivity contribution is 0.590. The molecule has 0 N–H and O–H groups in total. The van der Waals surface area contributed by atoms with Crippen molar-refractivity contribution in [3.8, 4) is 10.4 Å². The predicted octanol–water partition coefficient (Wildman–Crippen LogP) is 14.4. The van der Waals surface area contributed by atoms with Crippen LogP contribution >= 0.6 is 22.7 Å². The van der Waals surface area contributed by atoms with Gasteiger partial charge in [0, 0.05) is 37.0 Å². The molecule has 10 rings (SSSR count). The summed E-state index contributed by atoms with van der Waals surface area (Å²) in [6.07, 6.45) is 0. The number of rotatable bonds is 3. The Bertz CT molecular complexity index is 2920. The lowest BCUT2D eigenvalue weighted by Crippen LogP contribution is -2.61. The SMILES string of the molecule is Cc1cc(-c2cc3ccccc3s2)cc(C)c1N1c2cccc3c2B(c2cc(C(C)(C)C)ccc2N3c2ccc(C(C)(C)C)cc2)c2c1sc1ccc(C(C)(C)C)cc21. The van der Waals surface area contributed by atoms with Crippen LogP contribution in [0.25, 0.3) is 30.6 Å². The van der Waals surface area contributed by atoms with E-state index in [4.69, 9.17) is 0 Å². The average Bonchev–Trinajstić information content (AvgIpc) is 3.79. The van der Waals surface area contributed by atoms with Crippen molar-refractivity contribution >= 4 is 99.4 Å². The zero-order valence-electron chi connectivity index (χ0n) is 36.3. The third kappa shape index (κ3) is 6.10. The van der Waals surface area contributed by atoms with Crippen LogP contribution in [0.4, 0.5) is 33.4 Å². The van der Waals surface area contributed by atoms with E-state index in [0.717, 1.165) is 0 Å². The zero-order chi connectivity index (χ0) is 41.3. The van der Waals surface area contributed by atoms with Crippen LogP contribution in [-0.4, -0.2) is 6.71 Å². The lowest BCUT2D eigenvalue weighted by Gasteiger charge is -2.44. The summed E-state index contributed by atoms with van der Waals surface area (Å²) in [6.45, 7) is 25.6. The van der Waals surface area contributed by atoms with Gasteiger partial charge in [-0.15, -0.1) is 22.7 Å². The summed E-state index contributed by atoms with van der Waals surface area (Å²) in [6, 6.07) is 46.9. The molecular formula is C54H53BN2S2. The van der Waals surface area contributed by atoms with Crippen molar-refractivity contribution in [2.24, 2.45) is 0 Å². The topological polar surface area (TPSA) is 6.48 Å². The van der Waals surface area contributed by atoms with E-state index in [2.05, 4.69) is 207 Å². The van der Waals surface area contributed by atoms with Gasteiger partial charge in [-0.3, -0.25) is 0 Å². The molecule has 0 saturated carbocycles. The van der Waals surface area contributed by atoms with E-state index in [1.54, 1.807) is 0 Å². The van der Waals surface area contributed by atoms with Crippen LogP contribution < -0.4 is 26.2 Å². The minimum absolute atomic E-state index is 0.00194. The largest absolute Gasteiger partial charge is 0.311 e. The number of anilines is 6. The molecule has 0 saturated heterocycles. The molecule has 2 aliphatic heterocycles. The molecule has 2 aromatic heterocycles. The Balaban J connectivity index is 1.27. The maximum absolute atomic E-state index is 2.64. The Morgan fingerprint density at radius 1 is 0.492 bits per heavy atom. The Labute approximate surface area is 359 Å². The van der Waals surface area contributed by atoms with Gasteiger partial charge >= 0.3 is 0 Å². The molecule has 0 aliphatic carbocycles. The maximum Gasteiger partial charge on any atom is 0.254 e. The zero-order valence-corrected chi connectivity index (χ0v) is 38.0. The van der Waals surface area contributed by atoms with Crippen LogP contribution in [-0.2, 0) is 16.2 Å². The Morgan fingerprint density at radius 2 is 1.10 bits per heavy atom. The first-order valence-electron chi connectivity index (χ1n) is 21.1. The fourth-order valence-corrected chi connectivity index (χ4v) is 11.9. The molecule has 294 valence electrons. The van der Waals surface area contributed by atoms with Crippen molar-refractivity contribution in [1.82, 2.24) is 0 Å². The van der Waals surface area contributed by atoms with Gasteiger partial charge in [0.25, 0.3) is 6.71 Å². The molecule has 6 aromatic carbocycles. The van der Waals surface area contributed by atoms with E-state index in [1.165, 1.54) is 108 Å². The molecule has 59 heavy (non-hydrogen) atoms. The summed E-state index contributed by atoms with van der Waals surface area (Å²) in [7, 11) is 0. The van der Waals surface area contributed by atoms with Gasteiger partial charge in [-0.2, -0.15) is 0 Å². The van der Waals surface area contributed by atoms with Crippen LogP contribution in [0, 0.1) is 13.8 Å². The first kappa shape index (κ1) is 38.1. The summed E-state index contributed by atoms with van der Waals surface area (Å²) < 4.78 is 2.67. The standard InChI is InChI=1S/C54H53BN2S2/c1-32-27-35(47-29-34-15-12-13-18-45(34)58-47)28-33(2)50(32)57-44-17-14-16-43-49(44)55(48-40-30-37(53(6,7)8)22-26-46(40)59-51(48)57)41-31-38(54(9,10)11)21-25-42(41)56(43)39-23-19-36(20-24-39)52(3,4)5/h12-31H,1-11H3. The van der Waals surface area contributed by atoms with Crippen LogP contribution in [0.5, 0.6) is 0 Å². The van der Waals surface area contributed by atoms with Gasteiger partial charge in [0.1, 0.15) is 0 Å². The highest BCUT2D eigenvalue weighted by molar-refractivity contribution is 7.26. The highest BCUT2D eigenvalue weighted by Crippen LogP contribution is 2.50. The number of nitrogens with zero attached hydrogens (tertiary/aromatic N) is 2. The van der Waals surface area contributed by atoms with Crippen LogP contribution in [0.3, 0.4) is 0 Å². The van der Waals surface area contributed by atoms with Gasteiger partial charge < -0.3 is 9.80 Å². The first-order valence-corrected chi connectivity index (χ1v) is 22.8. The average molecular weight is 805 g/mol. The van der Waals surface area contributed by atoms with Crippen molar-refractivity contribution in [3.63, 3.8) is 0 Å². The van der Waals surface area contributed by atoms with Gasteiger partial charge in [0.15, 0.2) is 0 Å². The normalized spacial score (nSPS) is 13.9. The molecule has 0 unspecified atom stereocenters. The van der Waals surface area contributed by atoms with Crippen molar-refractivity contribution < 1.29 is 0 Å². The minimum Gasteiger partial charge on any atom is -0.311 e. The van der Waals surface area contributed by atoms with Crippen molar-refractivity contribution in [2.75, 3.05) is 9.80 Å². The third-order valence-corrected chi connectivity index (χ3v) is 15.1. The van der Waals surface area contributed by atoms with E-state index in [0.29, 0.717) is 0 Å². The molecule has 0 amide bonds. The van der Waals surface area contributed by atoms with Gasteiger partial charge in [0.05, 0.1) is 10.7 Å². The molecule has 2 aliphatic rings. The van der Waals surface area contributed by atoms with Crippen molar-refractivity contribution in [2.45, 2.75) is 92.4 Å². The number of fused-ring (bicyclic) bond motifs is 7. The molecule has 0 fully saturated rings. The monoisotopic (exact) mass is 804 g/mol. The summed E-state index contributed by atoms with van der Waals surface area (Å²) >= 11 is 3.84. The molecule has 0 spiro atoms. The van der Waals surface area contributed by atoms with Crippen molar-refractivity contribution in [1.29, 1.82) is 0 Å². The maximum atomic E-state index is 2.64. The second-order valence-corrected chi connectivity index (χ2v) is 22.1. The minimum atomic E-state index is -0.00194. The van der Waals surface area contributed by atoms with Crippen LogP contribution in [0.15, 0.2) is 121 Å². The Morgan fingerprint density at radius 3 is 1.76 bits per heavy atom. The number of hydrogen-bond acceptors (Lipinski definition) is 4. The molecule has 0 radical (unpaired) electrons. The molecule has 4 heterocycles. The molecule has 0 bridgehead atoms. The number of aryl methyl sites for hydroxylation is 2. The lowest BCUT2D eigenvalue weighted by atomic mass is 9.33. The van der Waals surface area contributed by atoms with Gasteiger partial charge in [-0.05, 0) is 151 Å².